The van der Waals surface area contributed by atoms with Gasteiger partial charge in [-0.1, -0.05) is 24.3 Å². The molecule has 0 saturated heterocycles. The van der Waals surface area contributed by atoms with Crippen molar-refractivity contribution in [3.63, 3.8) is 0 Å². The zero-order valence-corrected chi connectivity index (χ0v) is 13.6. The van der Waals surface area contributed by atoms with E-state index < -0.39 is 11.9 Å². The number of benzene rings is 3. The molecule has 0 amide bonds. The van der Waals surface area contributed by atoms with E-state index in [0.29, 0.717) is 33.6 Å². The first-order valence-electron chi connectivity index (χ1n) is 7.73. The number of hydrogen-bond acceptors (Lipinski definition) is 4. The third kappa shape index (κ3) is 3.21. The average molecular weight is 348 g/mol. The van der Waals surface area contributed by atoms with Gasteiger partial charge in [-0.2, -0.15) is 0 Å². The molecule has 3 aromatic rings. The first kappa shape index (κ1) is 17.0. The molecule has 0 bridgehead atoms. The van der Waals surface area contributed by atoms with Gasteiger partial charge in [0.2, 0.25) is 0 Å². The molecule has 0 heterocycles. The Labute approximate surface area is 149 Å². The summed E-state index contributed by atoms with van der Waals surface area (Å²) in [5.41, 5.74) is 14.2. The Bertz CT molecular complexity index is 910. The first-order valence-corrected chi connectivity index (χ1v) is 7.73. The van der Waals surface area contributed by atoms with Crippen molar-refractivity contribution in [2.24, 2.45) is 0 Å². The van der Waals surface area contributed by atoms with Crippen LogP contribution in [0.2, 0.25) is 0 Å². The number of carboxylic acid groups (broad SMARTS) is 2. The zero-order chi connectivity index (χ0) is 18.8. The van der Waals surface area contributed by atoms with Gasteiger partial charge in [0, 0.05) is 11.4 Å². The molecule has 0 spiro atoms. The van der Waals surface area contributed by atoms with Gasteiger partial charge in [0.15, 0.2) is 0 Å². The maximum Gasteiger partial charge on any atom is 0.336 e. The molecular formula is C20H16N2O4. The van der Waals surface area contributed by atoms with Gasteiger partial charge in [-0.25, -0.2) is 9.59 Å². The SMILES string of the molecule is Nc1ccc(-c2cc(C(=O)O)c(-c3ccc(N)cc3)cc2C(=O)O)cc1. The van der Waals surface area contributed by atoms with Crippen LogP contribution < -0.4 is 11.5 Å². The summed E-state index contributed by atoms with van der Waals surface area (Å²) in [6, 6.07) is 15.9. The van der Waals surface area contributed by atoms with Gasteiger partial charge in [-0.3, -0.25) is 0 Å². The third-order valence-corrected chi connectivity index (χ3v) is 4.06. The Hall–Kier alpha value is -3.80. The van der Waals surface area contributed by atoms with Crippen molar-refractivity contribution >= 4 is 23.3 Å². The van der Waals surface area contributed by atoms with Gasteiger partial charge in [-0.15, -0.1) is 0 Å². The average Bonchev–Trinajstić information content (AvgIpc) is 2.62. The number of anilines is 2. The summed E-state index contributed by atoms with van der Waals surface area (Å²) in [5.74, 6) is -2.30. The minimum Gasteiger partial charge on any atom is -0.478 e. The minimum atomic E-state index is -1.15. The molecule has 0 aliphatic carbocycles. The smallest absolute Gasteiger partial charge is 0.336 e. The van der Waals surface area contributed by atoms with Crippen molar-refractivity contribution in [3.05, 3.63) is 71.8 Å². The monoisotopic (exact) mass is 348 g/mol. The van der Waals surface area contributed by atoms with Crippen LogP contribution in [-0.2, 0) is 0 Å². The van der Waals surface area contributed by atoms with E-state index in [1.54, 1.807) is 48.5 Å². The van der Waals surface area contributed by atoms with E-state index in [2.05, 4.69) is 0 Å². The Morgan fingerprint density at radius 3 is 1.19 bits per heavy atom. The van der Waals surface area contributed by atoms with Crippen LogP contribution >= 0.6 is 0 Å². The lowest BCUT2D eigenvalue weighted by Gasteiger charge is -2.13. The number of rotatable bonds is 4. The summed E-state index contributed by atoms with van der Waals surface area (Å²) in [7, 11) is 0. The zero-order valence-electron chi connectivity index (χ0n) is 13.6. The van der Waals surface area contributed by atoms with E-state index in [1.165, 1.54) is 12.1 Å². The summed E-state index contributed by atoms with van der Waals surface area (Å²) >= 11 is 0. The largest absolute Gasteiger partial charge is 0.478 e. The van der Waals surface area contributed by atoms with Crippen LogP contribution in [0.4, 0.5) is 11.4 Å². The molecule has 3 rings (SSSR count). The Morgan fingerprint density at radius 2 is 0.923 bits per heavy atom. The third-order valence-electron chi connectivity index (χ3n) is 4.06. The number of carboxylic acids is 2. The van der Waals surface area contributed by atoms with E-state index in [4.69, 9.17) is 11.5 Å². The molecule has 3 aromatic carbocycles. The highest BCUT2D eigenvalue weighted by Crippen LogP contribution is 2.33. The van der Waals surface area contributed by atoms with Crippen LogP contribution in [-0.4, -0.2) is 22.2 Å². The van der Waals surface area contributed by atoms with Crippen molar-refractivity contribution in [2.45, 2.75) is 0 Å². The predicted octanol–water partition coefficient (Wildman–Crippen LogP) is 3.58. The maximum absolute atomic E-state index is 11.8. The molecule has 0 aromatic heterocycles. The molecule has 130 valence electrons. The second kappa shape index (κ2) is 6.60. The van der Waals surface area contributed by atoms with E-state index >= 15 is 0 Å². The van der Waals surface area contributed by atoms with Crippen molar-refractivity contribution in [2.75, 3.05) is 11.5 Å². The van der Waals surface area contributed by atoms with Gasteiger partial charge in [0.1, 0.15) is 0 Å². The summed E-state index contributed by atoms with van der Waals surface area (Å²) in [6.45, 7) is 0. The van der Waals surface area contributed by atoms with Crippen LogP contribution in [0.15, 0.2) is 60.7 Å². The molecule has 0 aliphatic rings. The molecule has 0 unspecified atom stereocenters. The van der Waals surface area contributed by atoms with Crippen LogP contribution in [0.1, 0.15) is 20.7 Å². The van der Waals surface area contributed by atoms with Crippen molar-refractivity contribution in [1.82, 2.24) is 0 Å². The molecule has 0 aliphatic heterocycles. The minimum absolute atomic E-state index is 0.00611. The fraction of sp³-hybridized carbons (Fsp3) is 0. The lowest BCUT2D eigenvalue weighted by Crippen LogP contribution is -2.06. The summed E-state index contributed by atoms with van der Waals surface area (Å²) in [5, 5.41) is 19.3. The highest BCUT2D eigenvalue weighted by atomic mass is 16.4. The van der Waals surface area contributed by atoms with Gasteiger partial charge in [0.05, 0.1) is 11.1 Å². The van der Waals surface area contributed by atoms with E-state index in [9.17, 15) is 19.8 Å². The van der Waals surface area contributed by atoms with Gasteiger partial charge in [0.25, 0.3) is 0 Å². The van der Waals surface area contributed by atoms with Gasteiger partial charge < -0.3 is 21.7 Å². The fourth-order valence-electron chi connectivity index (χ4n) is 2.76. The maximum atomic E-state index is 11.8. The van der Waals surface area contributed by atoms with E-state index in [1.807, 2.05) is 0 Å². The van der Waals surface area contributed by atoms with E-state index in [0.717, 1.165) is 0 Å². The van der Waals surface area contributed by atoms with Crippen LogP contribution in [0.5, 0.6) is 0 Å². The topological polar surface area (TPSA) is 127 Å². The second-order valence-electron chi connectivity index (χ2n) is 5.80. The molecule has 0 radical (unpaired) electrons. The number of nitrogens with two attached hydrogens (primary N) is 2. The molecule has 0 saturated carbocycles. The fourth-order valence-corrected chi connectivity index (χ4v) is 2.76. The van der Waals surface area contributed by atoms with Crippen molar-refractivity contribution in [3.8, 4) is 22.3 Å². The lowest BCUT2D eigenvalue weighted by atomic mass is 9.90. The van der Waals surface area contributed by atoms with Gasteiger partial charge >= 0.3 is 11.9 Å². The van der Waals surface area contributed by atoms with Crippen LogP contribution in [0.3, 0.4) is 0 Å². The molecular weight excluding hydrogens is 332 g/mol. The first-order chi connectivity index (χ1) is 12.4. The molecule has 6 N–H and O–H groups in total. The quantitative estimate of drug-likeness (QED) is 0.534. The standard InChI is InChI=1S/C20H16N2O4/c21-13-5-1-11(2-6-13)15-9-18(20(25)26)16(10-17(15)19(23)24)12-3-7-14(22)8-4-12/h1-10H,21-22H2,(H,23,24)(H,25,26). The number of nitrogen functional groups attached to an aromatic ring is 2. The highest BCUT2D eigenvalue weighted by Gasteiger charge is 2.20. The summed E-state index contributed by atoms with van der Waals surface area (Å²) < 4.78 is 0. The molecule has 0 atom stereocenters. The molecule has 6 nitrogen and oxygen atoms in total. The molecule has 6 heteroatoms. The Balaban J connectivity index is 2.28. The van der Waals surface area contributed by atoms with Crippen LogP contribution in [0, 0.1) is 0 Å². The number of hydrogen-bond donors (Lipinski definition) is 4. The summed E-state index contributed by atoms with van der Waals surface area (Å²) in [6.07, 6.45) is 0. The lowest BCUT2D eigenvalue weighted by molar-refractivity contribution is 0.0682. The molecule has 26 heavy (non-hydrogen) atoms. The normalized spacial score (nSPS) is 10.5. The van der Waals surface area contributed by atoms with Crippen molar-refractivity contribution < 1.29 is 19.8 Å². The van der Waals surface area contributed by atoms with Crippen LogP contribution in [0.25, 0.3) is 22.3 Å². The van der Waals surface area contributed by atoms with Crippen molar-refractivity contribution in [1.29, 1.82) is 0 Å². The number of carbonyl (C=O) groups is 2. The van der Waals surface area contributed by atoms with Gasteiger partial charge in [-0.05, 0) is 58.7 Å². The second-order valence-corrected chi connectivity index (χ2v) is 5.80. The Morgan fingerprint density at radius 1 is 0.615 bits per heavy atom. The number of aromatic carboxylic acids is 2. The highest BCUT2D eigenvalue weighted by molar-refractivity contribution is 6.04. The van der Waals surface area contributed by atoms with E-state index in [-0.39, 0.29) is 11.1 Å². The summed E-state index contributed by atoms with van der Waals surface area (Å²) in [4.78, 5) is 23.6. The predicted molar refractivity (Wildman–Crippen MR) is 100 cm³/mol. The molecule has 0 fully saturated rings. The Kier molecular flexibility index (Phi) is 4.33.